The van der Waals surface area contributed by atoms with Crippen molar-refractivity contribution in [1.82, 2.24) is 19.9 Å². The van der Waals surface area contributed by atoms with Crippen LogP contribution >= 0.6 is 0 Å². The molecule has 1 aliphatic heterocycles. The third-order valence-electron chi connectivity index (χ3n) is 5.38. The number of benzene rings is 1. The van der Waals surface area contributed by atoms with Gasteiger partial charge in [-0.25, -0.2) is 9.97 Å². The molecule has 0 spiro atoms. The molecule has 3 heterocycles. The van der Waals surface area contributed by atoms with E-state index in [1.807, 2.05) is 24.4 Å². The van der Waals surface area contributed by atoms with Gasteiger partial charge in [-0.1, -0.05) is 24.6 Å². The lowest BCUT2D eigenvalue weighted by atomic mass is 9.85. The first-order valence-electron chi connectivity index (χ1n) is 9.02. The van der Waals surface area contributed by atoms with Crippen molar-refractivity contribution in [3.63, 3.8) is 0 Å². The van der Waals surface area contributed by atoms with Crippen molar-refractivity contribution in [2.45, 2.75) is 32.4 Å². The SMILES string of the molecule is c1ccc2ncc(Nc3ncnc4c3CN(CC3CCC3)C4)cc2c1. The van der Waals surface area contributed by atoms with Crippen LogP contribution in [0.1, 0.15) is 30.5 Å². The number of aromatic nitrogens is 3. The van der Waals surface area contributed by atoms with E-state index >= 15 is 0 Å². The van der Waals surface area contributed by atoms with Crippen molar-refractivity contribution in [2.75, 3.05) is 11.9 Å². The number of nitrogens with zero attached hydrogens (tertiary/aromatic N) is 4. The third kappa shape index (κ3) is 2.85. The fourth-order valence-corrected chi connectivity index (χ4v) is 3.80. The van der Waals surface area contributed by atoms with Crippen LogP contribution < -0.4 is 5.32 Å². The Morgan fingerprint density at radius 1 is 1.08 bits per heavy atom. The van der Waals surface area contributed by atoms with Gasteiger partial charge in [0.1, 0.15) is 12.1 Å². The standard InChI is InChI=1S/C20H21N5/c1-2-7-18-15(6-1)8-16(9-21-18)24-20-17-11-25(10-14-4-3-5-14)12-19(17)22-13-23-20/h1-2,6-9,13-14H,3-5,10-12H2,(H,22,23,24). The summed E-state index contributed by atoms with van der Waals surface area (Å²) in [4.78, 5) is 16.0. The molecule has 0 amide bonds. The summed E-state index contributed by atoms with van der Waals surface area (Å²) in [6.07, 6.45) is 7.70. The second-order valence-electron chi connectivity index (χ2n) is 7.16. The van der Waals surface area contributed by atoms with E-state index in [4.69, 9.17) is 0 Å². The normalized spacial score (nSPS) is 17.4. The number of hydrogen-bond donors (Lipinski definition) is 1. The highest BCUT2D eigenvalue weighted by molar-refractivity contribution is 5.82. The molecule has 0 radical (unpaired) electrons. The molecular formula is C20H21N5. The Morgan fingerprint density at radius 3 is 2.88 bits per heavy atom. The Kier molecular flexibility index (Phi) is 3.59. The molecule has 5 nitrogen and oxygen atoms in total. The summed E-state index contributed by atoms with van der Waals surface area (Å²) in [5, 5.41) is 4.59. The molecule has 0 atom stereocenters. The first-order chi connectivity index (χ1) is 12.3. The zero-order chi connectivity index (χ0) is 16.6. The summed E-state index contributed by atoms with van der Waals surface area (Å²) in [6, 6.07) is 10.3. The third-order valence-corrected chi connectivity index (χ3v) is 5.38. The summed E-state index contributed by atoms with van der Waals surface area (Å²) >= 11 is 0. The number of para-hydroxylation sites is 1. The first-order valence-corrected chi connectivity index (χ1v) is 9.02. The van der Waals surface area contributed by atoms with E-state index in [0.29, 0.717) is 0 Å². The Balaban J connectivity index is 1.39. The van der Waals surface area contributed by atoms with Gasteiger partial charge in [0, 0.05) is 30.6 Å². The molecule has 3 aromatic rings. The number of pyridine rings is 1. The number of hydrogen-bond acceptors (Lipinski definition) is 5. The summed E-state index contributed by atoms with van der Waals surface area (Å²) in [7, 11) is 0. The summed E-state index contributed by atoms with van der Waals surface area (Å²) in [5.74, 6) is 1.79. The largest absolute Gasteiger partial charge is 0.339 e. The minimum atomic E-state index is 0.878. The monoisotopic (exact) mass is 331 g/mol. The minimum Gasteiger partial charge on any atom is -0.339 e. The van der Waals surface area contributed by atoms with Crippen LogP contribution in [0.5, 0.6) is 0 Å². The van der Waals surface area contributed by atoms with E-state index in [-0.39, 0.29) is 0 Å². The van der Waals surface area contributed by atoms with Crippen molar-refractivity contribution in [2.24, 2.45) is 5.92 Å². The second-order valence-corrected chi connectivity index (χ2v) is 7.16. The average Bonchev–Trinajstić information content (AvgIpc) is 3.02. The summed E-state index contributed by atoms with van der Waals surface area (Å²) in [5.41, 5.74) is 4.37. The van der Waals surface area contributed by atoms with Crippen LogP contribution in [0.3, 0.4) is 0 Å². The predicted octanol–water partition coefficient (Wildman–Crippen LogP) is 3.88. The quantitative estimate of drug-likeness (QED) is 0.786. The maximum absolute atomic E-state index is 4.53. The van der Waals surface area contributed by atoms with E-state index in [1.54, 1.807) is 6.33 Å². The topological polar surface area (TPSA) is 53.9 Å². The van der Waals surface area contributed by atoms with Crippen LogP contribution in [-0.2, 0) is 13.1 Å². The molecular weight excluding hydrogens is 310 g/mol. The smallest absolute Gasteiger partial charge is 0.138 e. The molecule has 1 aliphatic carbocycles. The van der Waals surface area contributed by atoms with Crippen LogP contribution in [0, 0.1) is 5.92 Å². The van der Waals surface area contributed by atoms with E-state index in [2.05, 4.69) is 37.3 Å². The Labute approximate surface area is 147 Å². The molecule has 0 bridgehead atoms. The Bertz CT molecular complexity index is 919. The van der Waals surface area contributed by atoms with Crippen LogP contribution in [0.25, 0.3) is 10.9 Å². The number of nitrogens with one attached hydrogen (secondary N) is 1. The van der Waals surface area contributed by atoms with Crippen LogP contribution in [-0.4, -0.2) is 26.4 Å². The molecule has 1 fully saturated rings. The highest BCUT2D eigenvalue weighted by Gasteiger charge is 2.28. The van der Waals surface area contributed by atoms with Gasteiger partial charge in [-0.3, -0.25) is 9.88 Å². The molecule has 126 valence electrons. The van der Waals surface area contributed by atoms with Gasteiger partial charge in [-0.15, -0.1) is 0 Å². The minimum absolute atomic E-state index is 0.878. The molecule has 25 heavy (non-hydrogen) atoms. The molecule has 0 unspecified atom stereocenters. The number of fused-ring (bicyclic) bond motifs is 2. The van der Waals surface area contributed by atoms with Crippen molar-refractivity contribution in [3.05, 3.63) is 54.1 Å². The molecule has 0 saturated heterocycles. The summed E-state index contributed by atoms with van der Waals surface area (Å²) in [6.45, 7) is 3.07. The van der Waals surface area contributed by atoms with Gasteiger partial charge in [-0.05, 0) is 30.9 Å². The Morgan fingerprint density at radius 2 is 2.00 bits per heavy atom. The molecule has 1 N–H and O–H groups in total. The van der Waals surface area contributed by atoms with Crippen molar-refractivity contribution in [1.29, 1.82) is 0 Å². The van der Waals surface area contributed by atoms with Gasteiger partial charge in [0.05, 0.1) is 23.1 Å². The molecule has 5 heteroatoms. The molecule has 1 aromatic carbocycles. The molecule has 5 rings (SSSR count). The van der Waals surface area contributed by atoms with Gasteiger partial charge < -0.3 is 5.32 Å². The van der Waals surface area contributed by atoms with Gasteiger partial charge in [-0.2, -0.15) is 0 Å². The van der Waals surface area contributed by atoms with Crippen molar-refractivity contribution < 1.29 is 0 Å². The Hall–Kier alpha value is -2.53. The highest BCUT2D eigenvalue weighted by Crippen LogP contribution is 2.33. The lowest BCUT2D eigenvalue weighted by Crippen LogP contribution is -2.28. The van der Waals surface area contributed by atoms with Crippen molar-refractivity contribution >= 4 is 22.4 Å². The maximum Gasteiger partial charge on any atom is 0.138 e. The van der Waals surface area contributed by atoms with Crippen LogP contribution in [0.2, 0.25) is 0 Å². The zero-order valence-electron chi connectivity index (χ0n) is 14.2. The summed E-state index contributed by atoms with van der Waals surface area (Å²) < 4.78 is 0. The first kappa shape index (κ1) is 14.8. The average molecular weight is 331 g/mol. The van der Waals surface area contributed by atoms with E-state index in [9.17, 15) is 0 Å². The van der Waals surface area contributed by atoms with Crippen LogP contribution in [0.4, 0.5) is 11.5 Å². The van der Waals surface area contributed by atoms with Gasteiger partial charge in [0.2, 0.25) is 0 Å². The lowest BCUT2D eigenvalue weighted by molar-refractivity contribution is 0.178. The maximum atomic E-state index is 4.53. The predicted molar refractivity (Wildman–Crippen MR) is 98.5 cm³/mol. The second kappa shape index (κ2) is 6.08. The van der Waals surface area contributed by atoms with Crippen molar-refractivity contribution in [3.8, 4) is 0 Å². The fourth-order valence-electron chi connectivity index (χ4n) is 3.80. The molecule has 1 saturated carbocycles. The zero-order valence-corrected chi connectivity index (χ0v) is 14.2. The number of rotatable bonds is 4. The fraction of sp³-hybridized carbons (Fsp3) is 0.350. The van der Waals surface area contributed by atoms with Gasteiger partial charge >= 0.3 is 0 Å². The highest BCUT2D eigenvalue weighted by atomic mass is 15.2. The molecule has 2 aliphatic rings. The van der Waals surface area contributed by atoms with Crippen LogP contribution in [0.15, 0.2) is 42.9 Å². The van der Waals surface area contributed by atoms with E-state index in [0.717, 1.165) is 47.1 Å². The van der Waals surface area contributed by atoms with E-state index in [1.165, 1.54) is 31.4 Å². The van der Waals surface area contributed by atoms with E-state index < -0.39 is 0 Å². The van der Waals surface area contributed by atoms with Gasteiger partial charge in [0.25, 0.3) is 0 Å². The number of anilines is 2. The van der Waals surface area contributed by atoms with Gasteiger partial charge in [0.15, 0.2) is 0 Å². The lowest BCUT2D eigenvalue weighted by Gasteiger charge is -2.29. The molecule has 2 aromatic heterocycles.